The smallest absolute Gasteiger partial charge is 0.209 e. The molecule has 0 radical (unpaired) electrons. The highest BCUT2D eigenvalue weighted by atomic mass is 19.1. The largest absolute Gasteiger partial charge is 0.439 e. The molecule has 0 spiro atoms. The Morgan fingerprint density at radius 2 is 1.92 bits per heavy atom. The molecule has 0 amide bonds. The molecule has 25 heavy (non-hydrogen) atoms. The maximum absolute atomic E-state index is 13.7. The summed E-state index contributed by atoms with van der Waals surface area (Å²) in [6.45, 7) is 8.17. The van der Waals surface area contributed by atoms with E-state index < -0.39 is 0 Å². The quantitative estimate of drug-likeness (QED) is 0.730. The Labute approximate surface area is 145 Å². The predicted octanol–water partition coefficient (Wildman–Crippen LogP) is 2.70. The van der Waals surface area contributed by atoms with Gasteiger partial charge in [0.05, 0.1) is 6.54 Å². The van der Waals surface area contributed by atoms with E-state index in [1.807, 2.05) is 6.92 Å². The van der Waals surface area contributed by atoms with Crippen LogP contribution in [0.25, 0.3) is 11.1 Å². The molecule has 3 aromatic rings. The number of hydrogen-bond donors (Lipinski definition) is 0. The summed E-state index contributed by atoms with van der Waals surface area (Å²) < 4.78 is 19.4. The topological polar surface area (TPSA) is 58.3 Å². The van der Waals surface area contributed by atoms with Crippen LogP contribution in [0.4, 0.5) is 10.2 Å². The molecule has 0 bridgehead atoms. The summed E-state index contributed by atoms with van der Waals surface area (Å²) in [7, 11) is 0. The highest BCUT2D eigenvalue weighted by molar-refractivity contribution is 5.73. The van der Waals surface area contributed by atoms with E-state index in [1.54, 1.807) is 18.5 Å². The van der Waals surface area contributed by atoms with Gasteiger partial charge >= 0.3 is 0 Å². The standard InChI is InChI=1S/C18H20FN5O/c1-12-13(2)20-11-21-18(12)24-8-6-23(7-9-24)10-16-22-17-14(19)4-3-5-15(17)25-16/h3-5,11H,6-10H2,1-2H3. The van der Waals surface area contributed by atoms with Gasteiger partial charge in [-0.05, 0) is 26.0 Å². The van der Waals surface area contributed by atoms with Crippen LogP contribution in [0.3, 0.4) is 0 Å². The van der Waals surface area contributed by atoms with Crippen molar-refractivity contribution in [3.63, 3.8) is 0 Å². The number of hydrogen-bond acceptors (Lipinski definition) is 6. The van der Waals surface area contributed by atoms with Crippen LogP contribution in [0.2, 0.25) is 0 Å². The number of aromatic nitrogens is 3. The summed E-state index contributed by atoms with van der Waals surface area (Å²) in [4.78, 5) is 17.5. The van der Waals surface area contributed by atoms with Crippen molar-refractivity contribution in [3.05, 3.63) is 47.5 Å². The molecule has 7 heteroatoms. The first-order chi connectivity index (χ1) is 12.1. The number of piperazine rings is 1. The zero-order chi connectivity index (χ0) is 17.4. The Balaban J connectivity index is 1.43. The Morgan fingerprint density at radius 3 is 2.68 bits per heavy atom. The van der Waals surface area contributed by atoms with Crippen molar-refractivity contribution in [1.29, 1.82) is 0 Å². The third-order valence-corrected chi connectivity index (χ3v) is 4.75. The lowest BCUT2D eigenvalue weighted by Gasteiger charge is -2.35. The second-order valence-corrected chi connectivity index (χ2v) is 6.37. The fourth-order valence-electron chi connectivity index (χ4n) is 3.18. The van der Waals surface area contributed by atoms with Crippen LogP contribution < -0.4 is 4.90 Å². The van der Waals surface area contributed by atoms with Gasteiger partial charge in [0, 0.05) is 37.4 Å². The minimum absolute atomic E-state index is 0.309. The van der Waals surface area contributed by atoms with E-state index in [2.05, 4.69) is 31.7 Å². The van der Waals surface area contributed by atoms with E-state index in [-0.39, 0.29) is 5.82 Å². The lowest BCUT2D eigenvalue weighted by Crippen LogP contribution is -2.46. The zero-order valence-electron chi connectivity index (χ0n) is 14.4. The van der Waals surface area contributed by atoms with E-state index in [0.717, 1.165) is 43.3 Å². The number of nitrogens with zero attached hydrogens (tertiary/aromatic N) is 5. The third-order valence-electron chi connectivity index (χ3n) is 4.75. The molecule has 3 heterocycles. The van der Waals surface area contributed by atoms with E-state index in [4.69, 9.17) is 4.42 Å². The summed E-state index contributed by atoms with van der Waals surface area (Å²) in [5.41, 5.74) is 2.95. The van der Waals surface area contributed by atoms with Gasteiger partial charge in [-0.2, -0.15) is 0 Å². The molecule has 0 N–H and O–H groups in total. The molecule has 1 aromatic carbocycles. The first-order valence-electron chi connectivity index (χ1n) is 8.41. The second-order valence-electron chi connectivity index (χ2n) is 6.37. The molecule has 0 unspecified atom stereocenters. The van der Waals surface area contributed by atoms with Crippen LogP contribution in [0, 0.1) is 19.7 Å². The molecule has 1 aliphatic heterocycles. The monoisotopic (exact) mass is 341 g/mol. The van der Waals surface area contributed by atoms with Gasteiger partial charge in [-0.15, -0.1) is 0 Å². The average molecular weight is 341 g/mol. The Bertz CT molecular complexity index is 902. The van der Waals surface area contributed by atoms with Crippen LogP contribution in [0.1, 0.15) is 17.1 Å². The predicted molar refractivity (Wildman–Crippen MR) is 93.0 cm³/mol. The molecule has 1 aliphatic rings. The first kappa shape index (κ1) is 16.0. The normalized spacial score (nSPS) is 15.9. The van der Waals surface area contributed by atoms with Crippen molar-refractivity contribution in [3.8, 4) is 0 Å². The van der Waals surface area contributed by atoms with Gasteiger partial charge in [0.25, 0.3) is 0 Å². The highest BCUT2D eigenvalue weighted by Crippen LogP contribution is 2.22. The number of benzene rings is 1. The minimum atomic E-state index is -0.341. The van der Waals surface area contributed by atoms with Crippen molar-refractivity contribution in [2.24, 2.45) is 0 Å². The average Bonchev–Trinajstić information content (AvgIpc) is 3.02. The van der Waals surface area contributed by atoms with Crippen molar-refractivity contribution >= 4 is 16.9 Å². The summed E-state index contributed by atoms with van der Waals surface area (Å²) in [5, 5.41) is 0. The van der Waals surface area contributed by atoms with Crippen LogP contribution in [0.5, 0.6) is 0 Å². The van der Waals surface area contributed by atoms with Gasteiger partial charge in [0.15, 0.2) is 11.4 Å². The second kappa shape index (κ2) is 6.40. The number of halogens is 1. The van der Waals surface area contributed by atoms with Gasteiger partial charge in [-0.1, -0.05) is 6.07 Å². The van der Waals surface area contributed by atoms with Gasteiger partial charge in [0.2, 0.25) is 5.89 Å². The number of aryl methyl sites for hydroxylation is 1. The number of para-hydroxylation sites is 1. The third kappa shape index (κ3) is 3.07. The first-order valence-corrected chi connectivity index (χ1v) is 8.41. The molecule has 1 saturated heterocycles. The van der Waals surface area contributed by atoms with Crippen molar-refractivity contribution in [2.75, 3.05) is 31.1 Å². The number of rotatable bonds is 3. The summed E-state index contributed by atoms with van der Waals surface area (Å²) in [6, 6.07) is 4.78. The molecular weight excluding hydrogens is 321 g/mol. The fourth-order valence-corrected chi connectivity index (χ4v) is 3.18. The van der Waals surface area contributed by atoms with Crippen molar-refractivity contribution in [2.45, 2.75) is 20.4 Å². The Kier molecular flexibility index (Phi) is 4.09. The van der Waals surface area contributed by atoms with Gasteiger partial charge in [0.1, 0.15) is 17.7 Å². The maximum Gasteiger partial charge on any atom is 0.209 e. The molecule has 0 atom stereocenters. The molecule has 0 saturated carbocycles. The Morgan fingerprint density at radius 1 is 1.12 bits per heavy atom. The highest BCUT2D eigenvalue weighted by Gasteiger charge is 2.21. The van der Waals surface area contributed by atoms with Crippen LogP contribution in [0.15, 0.2) is 28.9 Å². The van der Waals surface area contributed by atoms with Crippen LogP contribution >= 0.6 is 0 Å². The number of fused-ring (bicyclic) bond motifs is 1. The lowest BCUT2D eigenvalue weighted by atomic mass is 10.2. The minimum Gasteiger partial charge on any atom is -0.439 e. The molecule has 130 valence electrons. The molecule has 6 nitrogen and oxygen atoms in total. The van der Waals surface area contributed by atoms with Crippen LogP contribution in [-0.2, 0) is 6.54 Å². The van der Waals surface area contributed by atoms with Crippen LogP contribution in [-0.4, -0.2) is 46.0 Å². The molecular formula is C18H20FN5O. The van der Waals surface area contributed by atoms with E-state index in [0.29, 0.717) is 23.5 Å². The lowest BCUT2D eigenvalue weighted by molar-refractivity contribution is 0.228. The maximum atomic E-state index is 13.7. The summed E-state index contributed by atoms with van der Waals surface area (Å²) in [5.74, 6) is 1.23. The van der Waals surface area contributed by atoms with Gasteiger partial charge in [-0.25, -0.2) is 19.3 Å². The summed E-state index contributed by atoms with van der Waals surface area (Å²) >= 11 is 0. The Hall–Kier alpha value is -2.54. The molecule has 2 aromatic heterocycles. The van der Waals surface area contributed by atoms with E-state index >= 15 is 0 Å². The van der Waals surface area contributed by atoms with Crippen molar-refractivity contribution in [1.82, 2.24) is 19.9 Å². The summed E-state index contributed by atoms with van der Waals surface area (Å²) in [6.07, 6.45) is 1.62. The SMILES string of the molecule is Cc1ncnc(N2CCN(Cc3nc4c(F)cccc4o3)CC2)c1C. The fraction of sp³-hybridized carbons (Fsp3) is 0.389. The number of anilines is 1. The van der Waals surface area contributed by atoms with E-state index in [9.17, 15) is 4.39 Å². The number of oxazole rings is 1. The molecule has 1 fully saturated rings. The van der Waals surface area contributed by atoms with Gasteiger partial charge in [-0.3, -0.25) is 4.90 Å². The zero-order valence-corrected chi connectivity index (χ0v) is 14.4. The van der Waals surface area contributed by atoms with Crippen molar-refractivity contribution < 1.29 is 8.81 Å². The van der Waals surface area contributed by atoms with E-state index in [1.165, 1.54) is 6.07 Å². The molecule has 0 aliphatic carbocycles. The molecule has 4 rings (SSSR count). The van der Waals surface area contributed by atoms with Gasteiger partial charge < -0.3 is 9.32 Å².